The van der Waals surface area contributed by atoms with Crippen molar-refractivity contribution >= 4 is 36.1 Å². The van der Waals surface area contributed by atoms with Crippen LogP contribution in [0.2, 0.25) is 18.1 Å². The summed E-state index contributed by atoms with van der Waals surface area (Å²) in [6, 6.07) is 0. The van der Waals surface area contributed by atoms with Crippen LogP contribution >= 0.6 is 15.9 Å². The highest BCUT2D eigenvalue weighted by Gasteiger charge is 2.44. The van der Waals surface area contributed by atoms with Gasteiger partial charge in [-0.25, -0.2) is 4.79 Å². The standard InChI is InChI=1S/C14H24BrNO4Si/c1-8-14(12(18)19,16-11(17)10(2)15)9-20-21(6,7)13(3,4)5/h1,10H,9H2,2-7H3,(H,16,17)(H,18,19)/t10?,14-/m1/s1. The van der Waals surface area contributed by atoms with Crippen LogP contribution in [0, 0.1) is 12.3 Å². The van der Waals surface area contributed by atoms with Crippen molar-refractivity contribution in [1.82, 2.24) is 5.32 Å². The van der Waals surface area contributed by atoms with Gasteiger partial charge in [0.25, 0.3) is 0 Å². The molecular weight excluding hydrogens is 354 g/mol. The van der Waals surface area contributed by atoms with Crippen molar-refractivity contribution in [2.75, 3.05) is 6.61 Å². The van der Waals surface area contributed by atoms with Crippen molar-refractivity contribution in [2.45, 2.75) is 56.2 Å². The molecule has 5 nitrogen and oxygen atoms in total. The molecular formula is C14H24BrNO4Si. The van der Waals surface area contributed by atoms with Crippen LogP contribution < -0.4 is 5.32 Å². The molecule has 0 aromatic carbocycles. The van der Waals surface area contributed by atoms with Crippen LogP contribution in [0.15, 0.2) is 0 Å². The second kappa shape index (κ2) is 6.94. The molecule has 0 rings (SSSR count). The first kappa shape index (κ1) is 20.2. The summed E-state index contributed by atoms with van der Waals surface area (Å²) in [7, 11) is -2.18. The van der Waals surface area contributed by atoms with E-state index in [0.29, 0.717) is 0 Å². The molecule has 21 heavy (non-hydrogen) atoms. The Morgan fingerprint density at radius 1 is 1.43 bits per heavy atom. The zero-order valence-corrected chi connectivity index (χ0v) is 16.0. The van der Waals surface area contributed by atoms with Gasteiger partial charge in [0.05, 0.1) is 11.4 Å². The molecule has 0 spiro atoms. The summed E-state index contributed by atoms with van der Waals surface area (Å²) in [5.74, 6) is 0.378. The van der Waals surface area contributed by atoms with Crippen molar-refractivity contribution in [3.63, 3.8) is 0 Å². The number of carbonyl (C=O) groups excluding carboxylic acids is 1. The second-order valence-electron chi connectivity index (χ2n) is 6.51. The van der Waals surface area contributed by atoms with Crippen LogP contribution in [0.25, 0.3) is 0 Å². The largest absolute Gasteiger partial charge is 0.479 e. The molecule has 0 saturated carbocycles. The van der Waals surface area contributed by atoms with Crippen molar-refractivity contribution in [3.8, 4) is 12.3 Å². The van der Waals surface area contributed by atoms with E-state index in [1.807, 2.05) is 33.9 Å². The molecule has 0 bridgehead atoms. The molecule has 2 atom stereocenters. The molecule has 0 saturated heterocycles. The van der Waals surface area contributed by atoms with Gasteiger partial charge in [0.15, 0.2) is 8.32 Å². The fourth-order valence-corrected chi connectivity index (χ4v) is 2.23. The highest BCUT2D eigenvalue weighted by Crippen LogP contribution is 2.37. The SMILES string of the molecule is C#C[C@](CO[Si](C)(C)C(C)(C)C)(NC(=O)C(C)Br)C(=O)O. The maximum absolute atomic E-state index is 11.8. The molecule has 1 amide bonds. The molecule has 0 aromatic rings. The number of rotatable bonds is 6. The zero-order valence-electron chi connectivity index (χ0n) is 13.4. The van der Waals surface area contributed by atoms with Gasteiger partial charge >= 0.3 is 5.97 Å². The lowest BCUT2D eigenvalue weighted by Crippen LogP contribution is -2.60. The number of alkyl halides is 1. The van der Waals surface area contributed by atoms with E-state index in [4.69, 9.17) is 10.8 Å². The molecule has 1 unspecified atom stereocenters. The molecule has 0 aliphatic heterocycles. The van der Waals surface area contributed by atoms with Crippen LogP contribution in [0.4, 0.5) is 0 Å². The molecule has 0 aliphatic rings. The summed E-state index contributed by atoms with van der Waals surface area (Å²) in [4.78, 5) is 22.8. The van der Waals surface area contributed by atoms with E-state index in [-0.39, 0.29) is 11.6 Å². The van der Waals surface area contributed by atoms with Gasteiger partial charge in [-0.15, -0.1) is 6.42 Å². The summed E-state index contributed by atoms with van der Waals surface area (Å²) in [6.07, 6.45) is 5.37. The number of amides is 1. The summed E-state index contributed by atoms with van der Waals surface area (Å²) in [5.41, 5.74) is -1.85. The summed E-state index contributed by atoms with van der Waals surface area (Å²) in [5, 5.41) is 11.7. The summed E-state index contributed by atoms with van der Waals surface area (Å²) < 4.78 is 5.88. The van der Waals surface area contributed by atoms with Crippen molar-refractivity contribution in [3.05, 3.63) is 0 Å². The van der Waals surface area contributed by atoms with Gasteiger partial charge in [0.2, 0.25) is 11.4 Å². The molecule has 0 fully saturated rings. The van der Waals surface area contributed by atoms with Gasteiger partial charge < -0.3 is 14.8 Å². The number of halogens is 1. The lowest BCUT2D eigenvalue weighted by atomic mass is 10.0. The van der Waals surface area contributed by atoms with E-state index in [2.05, 4.69) is 27.2 Å². The fraction of sp³-hybridized carbons (Fsp3) is 0.714. The molecule has 0 aromatic heterocycles. The van der Waals surface area contributed by atoms with Gasteiger partial charge in [-0.05, 0) is 25.1 Å². The summed E-state index contributed by atoms with van der Waals surface area (Å²) >= 11 is 3.09. The van der Waals surface area contributed by atoms with Gasteiger partial charge in [0, 0.05) is 0 Å². The fourth-order valence-electron chi connectivity index (χ4n) is 1.11. The predicted molar refractivity (Wildman–Crippen MR) is 88.9 cm³/mol. The number of carboxylic acids is 1. The van der Waals surface area contributed by atoms with Crippen molar-refractivity contribution < 1.29 is 19.1 Å². The third-order valence-electron chi connectivity index (χ3n) is 3.77. The minimum absolute atomic E-state index is 0.0848. The van der Waals surface area contributed by atoms with Crippen LogP contribution in [0.3, 0.4) is 0 Å². The average molecular weight is 378 g/mol. The van der Waals surface area contributed by atoms with Gasteiger partial charge in [0.1, 0.15) is 0 Å². The van der Waals surface area contributed by atoms with Crippen molar-refractivity contribution in [2.24, 2.45) is 0 Å². The second-order valence-corrected chi connectivity index (χ2v) is 12.7. The van der Waals surface area contributed by atoms with E-state index < -0.39 is 30.6 Å². The molecule has 0 aliphatic carbocycles. The maximum Gasteiger partial charge on any atom is 0.344 e. The van der Waals surface area contributed by atoms with Crippen LogP contribution in [-0.2, 0) is 14.0 Å². The summed E-state index contributed by atoms with van der Waals surface area (Å²) in [6.45, 7) is 11.4. The normalized spacial score (nSPS) is 16.5. The quantitative estimate of drug-likeness (QED) is 0.423. The highest BCUT2D eigenvalue weighted by molar-refractivity contribution is 9.10. The Kier molecular flexibility index (Phi) is 6.67. The number of hydrogen-bond donors (Lipinski definition) is 2. The maximum atomic E-state index is 11.8. The van der Waals surface area contributed by atoms with E-state index in [1.54, 1.807) is 6.92 Å². The smallest absolute Gasteiger partial charge is 0.344 e. The van der Waals surface area contributed by atoms with Crippen LogP contribution in [0.5, 0.6) is 0 Å². The first-order valence-electron chi connectivity index (χ1n) is 6.60. The van der Waals surface area contributed by atoms with Gasteiger partial charge in [-0.1, -0.05) is 42.6 Å². The van der Waals surface area contributed by atoms with E-state index in [9.17, 15) is 14.7 Å². The number of aliphatic carboxylic acids is 1. The third-order valence-corrected chi connectivity index (χ3v) is 8.66. The van der Waals surface area contributed by atoms with Crippen LogP contribution in [0.1, 0.15) is 27.7 Å². The number of terminal acetylenes is 1. The Hall–Kier alpha value is -0.843. The Morgan fingerprint density at radius 2 is 1.90 bits per heavy atom. The highest BCUT2D eigenvalue weighted by atomic mass is 79.9. The minimum atomic E-state index is -2.18. The lowest BCUT2D eigenvalue weighted by molar-refractivity contribution is -0.146. The van der Waals surface area contributed by atoms with Crippen LogP contribution in [-0.4, -0.2) is 42.3 Å². The van der Waals surface area contributed by atoms with Crippen molar-refractivity contribution in [1.29, 1.82) is 0 Å². The molecule has 2 N–H and O–H groups in total. The number of carboxylic acid groups (broad SMARTS) is 1. The number of hydrogen-bond acceptors (Lipinski definition) is 3. The Morgan fingerprint density at radius 3 is 2.19 bits per heavy atom. The van der Waals surface area contributed by atoms with Gasteiger partial charge in [-0.2, -0.15) is 0 Å². The first-order valence-corrected chi connectivity index (χ1v) is 10.4. The topological polar surface area (TPSA) is 75.6 Å². The molecule has 0 heterocycles. The predicted octanol–water partition coefficient (Wildman–Crippen LogP) is 2.36. The van der Waals surface area contributed by atoms with E-state index >= 15 is 0 Å². The lowest BCUT2D eigenvalue weighted by Gasteiger charge is -2.38. The molecule has 120 valence electrons. The Bertz CT molecular complexity index is 451. The van der Waals surface area contributed by atoms with E-state index in [0.717, 1.165) is 0 Å². The first-order chi connectivity index (χ1) is 9.29. The molecule has 0 radical (unpaired) electrons. The average Bonchev–Trinajstić information content (AvgIpc) is 2.32. The zero-order chi connectivity index (χ0) is 17.1. The third kappa shape index (κ3) is 5.13. The van der Waals surface area contributed by atoms with E-state index in [1.165, 1.54) is 0 Å². The number of nitrogens with one attached hydrogen (secondary N) is 1. The minimum Gasteiger partial charge on any atom is -0.479 e. The Labute approximate surface area is 136 Å². The number of carbonyl (C=O) groups is 2. The monoisotopic (exact) mass is 377 g/mol. The Balaban J connectivity index is 5.26. The van der Waals surface area contributed by atoms with Gasteiger partial charge in [-0.3, -0.25) is 4.79 Å². The molecule has 7 heteroatoms.